The molecule has 2 nitrogen and oxygen atoms in total. The highest BCUT2D eigenvalue weighted by Crippen LogP contribution is 2.39. The van der Waals surface area contributed by atoms with Gasteiger partial charge in [-0.2, -0.15) is 0 Å². The van der Waals surface area contributed by atoms with Crippen LogP contribution in [0.2, 0.25) is 0 Å². The maximum atomic E-state index is 6.51. The summed E-state index contributed by atoms with van der Waals surface area (Å²) in [7, 11) is 0. The third-order valence-corrected chi connectivity index (χ3v) is 4.58. The van der Waals surface area contributed by atoms with Crippen molar-refractivity contribution in [1.29, 1.82) is 0 Å². The number of ether oxygens (including phenoxy) is 1. The number of rotatable bonds is 4. The number of benzene rings is 1. The maximum Gasteiger partial charge on any atom is 0.120 e. The molecule has 2 N–H and O–H groups in total. The van der Waals surface area contributed by atoms with Gasteiger partial charge in [0.05, 0.1) is 6.61 Å². The predicted molar refractivity (Wildman–Crippen MR) is 76.7 cm³/mol. The summed E-state index contributed by atoms with van der Waals surface area (Å²) in [5, 5.41) is 0. The Morgan fingerprint density at radius 1 is 1.22 bits per heavy atom. The Balaban J connectivity index is 1.80. The van der Waals surface area contributed by atoms with Gasteiger partial charge in [0, 0.05) is 10.0 Å². The van der Waals surface area contributed by atoms with Crippen LogP contribution < -0.4 is 10.5 Å². The summed E-state index contributed by atoms with van der Waals surface area (Å²) >= 11 is 3.57. The van der Waals surface area contributed by atoms with Crippen LogP contribution in [0.5, 0.6) is 5.75 Å². The van der Waals surface area contributed by atoms with E-state index in [1.165, 1.54) is 31.2 Å². The van der Waals surface area contributed by atoms with Crippen molar-refractivity contribution in [2.24, 2.45) is 11.7 Å². The van der Waals surface area contributed by atoms with Crippen molar-refractivity contribution in [2.75, 3.05) is 6.61 Å². The summed E-state index contributed by atoms with van der Waals surface area (Å²) in [5.74, 6) is 1.74. The molecule has 0 saturated heterocycles. The zero-order valence-electron chi connectivity index (χ0n) is 10.6. The number of hydrogen-bond acceptors (Lipinski definition) is 2. The second-order valence-corrected chi connectivity index (χ2v) is 6.71. The average molecular weight is 310 g/mol. The third-order valence-electron chi connectivity index (χ3n) is 4.12. The molecule has 98 valence electrons. The lowest BCUT2D eigenvalue weighted by Crippen LogP contribution is -2.33. The standard InChI is InChI=1S/C15H20BrNO/c16-13-7-12(15(17)5-1-2-6-15)8-14(9-13)18-10-11-3-4-11/h7-9,11H,1-6,10,17H2. The summed E-state index contributed by atoms with van der Waals surface area (Å²) < 4.78 is 6.94. The Morgan fingerprint density at radius 2 is 1.94 bits per heavy atom. The molecule has 0 radical (unpaired) electrons. The largest absolute Gasteiger partial charge is 0.493 e. The number of halogens is 1. The molecule has 2 aliphatic rings. The van der Waals surface area contributed by atoms with Crippen LogP contribution in [0.4, 0.5) is 0 Å². The zero-order valence-corrected chi connectivity index (χ0v) is 12.2. The fraction of sp³-hybridized carbons (Fsp3) is 0.600. The Bertz CT molecular complexity index is 436. The van der Waals surface area contributed by atoms with Crippen LogP contribution in [0.25, 0.3) is 0 Å². The number of nitrogens with two attached hydrogens (primary N) is 1. The first kappa shape index (κ1) is 12.5. The van der Waals surface area contributed by atoms with Crippen LogP contribution in [0.3, 0.4) is 0 Å². The Labute approximate surface area is 117 Å². The molecule has 3 heteroatoms. The lowest BCUT2D eigenvalue weighted by Gasteiger charge is -2.25. The highest BCUT2D eigenvalue weighted by Gasteiger charge is 2.32. The predicted octanol–water partition coefficient (Wildman–Crippen LogP) is 3.97. The van der Waals surface area contributed by atoms with Gasteiger partial charge in [0.2, 0.25) is 0 Å². The van der Waals surface area contributed by atoms with Gasteiger partial charge in [-0.25, -0.2) is 0 Å². The molecule has 2 saturated carbocycles. The van der Waals surface area contributed by atoms with E-state index in [4.69, 9.17) is 10.5 Å². The molecule has 2 fully saturated rings. The maximum absolute atomic E-state index is 6.51. The van der Waals surface area contributed by atoms with Crippen LogP contribution in [0.1, 0.15) is 44.1 Å². The third kappa shape index (κ3) is 2.72. The van der Waals surface area contributed by atoms with Gasteiger partial charge in [0.1, 0.15) is 5.75 Å². The summed E-state index contributed by atoms with van der Waals surface area (Å²) in [6.07, 6.45) is 7.29. The molecule has 0 amide bonds. The van der Waals surface area contributed by atoms with Crippen molar-refractivity contribution >= 4 is 15.9 Å². The van der Waals surface area contributed by atoms with Crippen molar-refractivity contribution in [3.8, 4) is 5.75 Å². The Morgan fingerprint density at radius 3 is 2.61 bits per heavy atom. The van der Waals surface area contributed by atoms with Gasteiger partial charge in [-0.05, 0) is 55.4 Å². The average Bonchev–Trinajstić information content (AvgIpc) is 3.07. The van der Waals surface area contributed by atoms with Crippen LogP contribution in [0.15, 0.2) is 22.7 Å². The van der Waals surface area contributed by atoms with Gasteiger partial charge >= 0.3 is 0 Å². The molecular weight excluding hydrogens is 290 g/mol. The van der Waals surface area contributed by atoms with Gasteiger partial charge < -0.3 is 10.5 Å². The smallest absolute Gasteiger partial charge is 0.120 e. The van der Waals surface area contributed by atoms with Gasteiger partial charge in [-0.15, -0.1) is 0 Å². The van der Waals surface area contributed by atoms with E-state index in [9.17, 15) is 0 Å². The van der Waals surface area contributed by atoms with Crippen molar-refractivity contribution in [3.05, 3.63) is 28.2 Å². The molecule has 3 rings (SSSR count). The minimum atomic E-state index is -0.137. The molecule has 0 heterocycles. The SMILES string of the molecule is NC1(c2cc(Br)cc(OCC3CC3)c2)CCCC1. The Kier molecular flexibility index (Phi) is 3.37. The van der Waals surface area contributed by atoms with E-state index in [0.29, 0.717) is 0 Å². The molecule has 18 heavy (non-hydrogen) atoms. The lowest BCUT2D eigenvalue weighted by molar-refractivity contribution is 0.298. The fourth-order valence-corrected chi connectivity index (χ4v) is 3.20. The molecule has 0 atom stereocenters. The van der Waals surface area contributed by atoms with Crippen molar-refractivity contribution in [2.45, 2.75) is 44.1 Å². The first-order valence-corrected chi connectivity index (χ1v) is 7.68. The van der Waals surface area contributed by atoms with Crippen LogP contribution in [-0.2, 0) is 5.54 Å². The monoisotopic (exact) mass is 309 g/mol. The van der Waals surface area contributed by atoms with Crippen molar-refractivity contribution in [1.82, 2.24) is 0 Å². The van der Waals surface area contributed by atoms with Gasteiger partial charge in [0.25, 0.3) is 0 Å². The van der Waals surface area contributed by atoms with Gasteiger partial charge in [0.15, 0.2) is 0 Å². The van der Waals surface area contributed by atoms with E-state index in [1.54, 1.807) is 0 Å². The van der Waals surface area contributed by atoms with Crippen LogP contribution >= 0.6 is 15.9 Å². The van der Waals surface area contributed by atoms with Crippen molar-refractivity contribution in [3.63, 3.8) is 0 Å². The minimum absolute atomic E-state index is 0.137. The van der Waals surface area contributed by atoms with Crippen molar-refractivity contribution < 1.29 is 4.74 Å². The number of hydrogen-bond donors (Lipinski definition) is 1. The summed E-state index contributed by atoms with van der Waals surface area (Å²) in [6, 6.07) is 6.33. The molecule has 1 aromatic rings. The summed E-state index contributed by atoms with van der Waals surface area (Å²) in [5.41, 5.74) is 7.60. The normalized spacial score (nSPS) is 22.1. The minimum Gasteiger partial charge on any atom is -0.493 e. The summed E-state index contributed by atoms with van der Waals surface area (Å²) in [6.45, 7) is 0.855. The topological polar surface area (TPSA) is 35.2 Å². The lowest BCUT2D eigenvalue weighted by atomic mass is 9.89. The Hall–Kier alpha value is -0.540. The van der Waals surface area contributed by atoms with Crippen LogP contribution in [0, 0.1) is 5.92 Å². The molecule has 0 spiro atoms. The van der Waals surface area contributed by atoms with E-state index in [0.717, 1.165) is 35.6 Å². The van der Waals surface area contributed by atoms with E-state index >= 15 is 0 Å². The van der Waals surface area contributed by atoms with E-state index in [1.807, 2.05) is 6.07 Å². The van der Waals surface area contributed by atoms with E-state index in [2.05, 4.69) is 28.1 Å². The highest BCUT2D eigenvalue weighted by atomic mass is 79.9. The summed E-state index contributed by atoms with van der Waals surface area (Å²) in [4.78, 5) is 0. The van der Waals surface area contributed by atoms with Gasteiger partial charge in [-0.1, -0.05) is 28.8 Å². The first-order valence-electron chi connectivity index (χ1n) is 6.88. The molecule has 0 bridgehead atoms. The molecule has 1 aromatic carbocycles. The van der Waals surface area contributed by atoms with Gasteiger partial charge in [-0.3, -0.25) is 0 Å². The first-order chi connectivity index (χ1) is 8.66. The molecule has 0 unspecified atom stereocenters. The van der Waals surface area contributed by atoms with Crippen LogP contribution in [-0.4, -0.2) is 6.61 Å². The van der Waals surface area contributed by atoms with E-state index < -0.39 is 0 Å². The second-order valence-electron chi connectivity index (χ2n) is 5.79. The second kappa shape index (κ2) is 4.86. The van der Waals surface area contributed by atoms with E-state index in [-0.39, 0.29) is 5.54 Å². The molecule has 2 aliphatic carbocycles. The quantitative estimate of drug-likeness (QED) is 0.913. The molecular formula is C15H20BrNO. The fourth-order valence-electron chi connectivity index (χ4n) is 2.73. The highest BCUT2D eigenvalue weighted by molar-refractivity contribution is 9.10. The zero-order chi connectivity index (χ0) is 12.6. The molecule has 0 aromatic heterocycles. The molecule has 0 aliphatic heterocycles.